The van der Waals surface area contributed by atoms with Crippen LogP contribution in [0.1, 0.15) is 5.69 Å². The van der Waals surface area contributed by atoms with Crippen LogP contribution in [0.5, 0.6) is 5.88 Å². The van der Waals surface area contributed by atoms with Crippen LogP contribution >= 0.6 is 11.6 Å². The molecule has 12 heteroatoms. The van der Waals surface area contributed by atoms with E-state index in [9.17, 15) is 13.2 Å². The van der Waals surface area contributed by atoms with Crippen LogP contribution in [0, 0.1) is 6.92 Å². The smallest absolute Gasteiger partial charge is 0.481 e. The Morgan fingerprint density at radius 2 is 1.93 bits per heavy atom. The lowest BCUT2D eigenvalue weighted by Crippen LogP contribution is -2.21. The van der Waals surface area contributed by atoms with Crippen molar-refractivity contribution in [3.05, 3.63) is 47.5 Å². The van der Waals surface area contributed by atoms with Crippen molar-refractivity contribution in [2.75, 3.05) is 7.11 Å². The number of aryl methyl sites for hydroxylation is 1. The standard InChI is InChI=1S/C14H12ClN5O.C2HF3O2/c1-9-7-20(19-18-9)13-4-3-10(15)5-11(13)12-6-14(21-2)17-8-16-12;3-2(4,5)1(6)7/h3-8H,1-2H3;(H,6,7). The highest BCUT2D eigenvalue weighted by molar-refractivity contribution is 6.31. The summed E-state index contributed by atoms with van der Waals surface area (Å²) in [5, 5.41) is 15.8. The van der Waals surface area contributed by atoms with Crippen LogP contribution in [0.4, 0.5) is 13.2 Å². The third-order valence-electron chi connectivity index (χ3n) is 3.18. The number of hydrogen-bond acceptors (Lipinski definition) is 6. The molecule has 0 unspecified atom stereocenters. The molecule has 0 aliphatic carbocycles. The molecule has 0 bridgehead atoms. The van der Waals surface area contributed by atoms with Crippen molar-refractivity contribution in [1.29, 1.82) is 0 Å². The second-order valence-corrected chi connectivity index (χ2v) is 5.65. The van der Waals surface area contributed by atoms with Crippen molar-refractivity contribution in [2.45, 2.75) is 13.1 Å². The zero-order valence-corrected chi connectivity index (χ0v) is 15.2. The molecule has 0 atom stereocenters. The Balaban J connectivity index is 0.000000345. The van der Waals surface area contributed by atoms with E-state index in [0.717, 1.165) is 16.9 Å². The molecule has 0 amide bonds. The lowest BCUT2D eigenvalue weighted by Gasteiger charge is -2.09. The van der Waals surface area contributed by atoms with Gasteiger partial charge in [0.1, 0.15) is 6.33 Å². The summed E-state index contributed by atoms with van der Waals surface area (Å²) in [5.74, 6) is -2.27. The van der Waals surface area contributed by atoms with E-state index in [2.05, 4.69) is 20.3 Å². The SMILES string of the molecule is COc1cc(-c2cc(Cl)ccc2-n2cc(C)nn2)ncn1.O=C(O)C(F)(F)F. The zero-order valence-electron chi connectivity index (χ0n) is 14.5. The highest BCUT2D eigenvalue weighted by Gasteiger charge is 2.38. The summed E-state index contributed by atoms with van der Waals surface area (Å²) >= 11 is 6.11. The molecular formula is C16H13ClF3N5O3. The van der Waals surface area contributed by atoms with Crippen LogP contribution < -0.4 is 4.74 Å². The number of nitrogens with zero attached hydrogens (tertiary/aromatic N) is 5. The Kier molecular flexibility index (Phi) is 6.52. The Hall–Kier alpha value is -3.21. The van der Waals surface area contributed by atoms with Crippen LogP contribution in [0.25, 0.3) is 16.9 Å². The monoisotopic (exact) mass is 415 g/mol. The molecule has 148 valence electrons. The first-order valence-corrected chi connectivity index (χ1v) is 7.85. The molecule has 3 rings (SSSR count). The summed E-state index contributed by atoms with van der Waals surface area (Å²) in [6, 6.07) is 7.25. The molecule has 0 saturated carbocycles. The number of carbonyl (C=O) groups is 1. The molecule has 0 fully saturated rings. The molecule has 1 aromatic carbocycles. The Morgan fingerprint density at radius 3 is 2.46 bits per heavy atom. The molecule has 3 aromatic rings. The largest absolute Gasteiger partial charge is 0.490 e. The molecule has 0 saturated heterocycles. The Labute approximate surface area is 161 Å². The summed E-state index contributed by atoms with van der Waals surface area (Å²) in [6.07, 6.45) is -1.80. The molecule has 1 N–H and O–H groups in total. The fourth-order valence-corrected chi connectivity index (χ4v) is 2.15. The minimum absolute atomic E-state index is 0.487. The maximum absolute atomic E-state index is 10.6. The number of carboxylic acid groups (broad SMARTS) is 1. The number of halogens is 4. The van der Waals surface area contributed by atoms with E-state index in [-0.39, 0.29) is 0 Å². The Bertz CT molecular complexity index is 978. The number of ether oxygens (including phenoxy) is 1. The average Bonchev–Trinajstić information content (AvgIpc) is 3.07. The van der Waals surface area contributed by atoms with Crippen molar-refractivity contribution in [2.24, 2.45) is 0 Å². The van der Waals surface area contributed by atoms with E-state index >= 15 is 0 Å². The van der Waals surface area contributed by atoms with E-state index in [1.165, 1.54) is 6.33 Å². The molecule has 28 heavy (non-hydrogen) atoms. The van der Waals surface area contributed by atoms with Crippen molar-refractivity contribution < 1.29 is 27.8 Å². The summed E-state index contributed by atoms with van der Waals surface area (Å²) < 4.78 is 38.6. The number of hydrogen-bond donors (Lipinski definition) is 1. The maximum atomic E-state index is 10.6. The molecular weight excluding hydrogens is 403 g/mol. The van der Waals surface area contributed by atoms with E-state index in [4.69, 9.17) is 26.2 Å². The van der Waals surface area contributed by atoms with Gasteiger partial charge in [-0.2, -0.15) is 13.2 Å². The molecule has 2 heterocycles. The number of carboxylic acids is 1. The number of methoxy groups -OCH3 is 1. The van der Waals surface area contributed by atoms with Gasteiger partial charge in [0, 0.05) is 16.7 Å². The second kappa shape index (κ2) is 8.65. The van der Waals surface area contributed by atoms with E-state index in [0.29, 0.717) is 16.6 Å². The highest BCUT2D eigenvalue weighted by atomic mass is 35.5. The molecule has 0 radical (unpaired) electrons. The lowest BCUT2D eigenvalue weighted by atomic mass is 10.1. The molecule has 2 aromatic heterocycles. The lowest BCUT2D eigenvalue weighted by molar-refractivity contribution is -0.192. The topological polar surface area (TPSA) is 103 Å². The quantitative estimate of drug-likeness (QED) is 0.699. The van der Waals surface area contributed by atoms with Crippen LogP contribution in [0.3, 0.4) is 0 Å². The van der Waals surface area contributed by atoms with E-state index in [1.807, 2.05) is 25.3 Å². The number of aromatic nitrogens is 5. The summed E-state index contributed by atoms with van der Waals surface area (Å²) in [6.45, 7) is 1.88. The van der Waals surface area contributed by atoms with Gasteiger partial charge in [-0.05, 0) is 25.1 Å². The number of alkyl halides is 3. The molecule has 0 spiro atoms. The molecule has 0 aliphatic rings. The third-order valence-corrected chi connectivity index (χ3v) is 3.42. The first-order chi connectivity index (χ1) is 13.1. The van der Waals surface area contributed by atoms with Gasteiger partial charge < -0.3 is 9.84 Å². The normalized spacial score (nSPS) is 10.8. The molecule has 8 nitrogen and oxygen atoms in total. The van der Waals surface area contributed by atoms with Gasteiger partial charge in [0.15, 0.2) is 0 Å². The number of rotatable bonds is 3. The third kappa shape index (κ3) is 5.39. The van der Waals surface area contributed by atoms with Gasteiger partial charge in [0.05, 0.1) is 30.4 Å². The number of aliphatic carboxylic acids is 1. The van der Waals surface area contributed by atoms with Gasteiger partial charge in [-0.15, -0.1) is 5.10 Å². The van der Waals surface area contributed by atoms with Gasteiger partial charge in [0.25, 0.3) is 0 Å². The van der Waals surface area contributed by atoms with Gasteiger partial charge in [0.2, 0.25) is 5.88 Å². The minimum Gasteiger partial charge on any atom is -0.481 e. The summed E-state index contributed by atoms with van der Waals surface area (Å²) in [5.41, 5.74) is 3.19. The Morgan fingerprint density at radius 1 is 1.25 bits per heavy atom. The van der Waals surface area contributed by atoms with Crippen molar-refractivity contribution in [3.8, 4) is 22.8 Å². The second-order valence-electron chi connectivity index (χ2n) is 5.21. The van der Waals surface area contributed by atoms with Crippen LogP contribution in [-0.2, 0) is 4.79 Å². The van der Waals surface area contributed by atoms with Crippen molar-refractivity contribution in [1.82, 2.24) is 25.0 Å². The predicted octanol–water partition coefficient (Wildman–Crippen LogP) is 3.33. The zero-order chi connectivity index (χ0) is 20.9. The van der Waals surface area contributed by atoms with Crippen LogP contribution in [0.15, 0.2) is 36.8 Å². The summed E-state index contributed by atoms with van der Waals surface area (Å²) in [7, 11) is 1.56. The van der Waals surface area contributed by atoms with Crippen LogP contribution in [0.2, 0.25) is 5.02 Å². The van der Waals surface area contributed by atoms with E-state index < -0.39 is 12.1 Å². The van der Waals surface area contributed by atoms with Gasteiger partial charge in [-0.25, -0.2) is 19.4 Å². The van der Waals surface area contributed by atoms with Crippen molar-refractivity contribution >= 4 is 17.6 Å². The first-order valence-electron chi connectivity index (χ1n) is 7.47. The first kappa shape index (κ1) is 21.1. The predicted molar refractivity (Wildman–Crippen MR) is 92.4 cm³/mol. The molecule has 0 aliphatic heterocycles. The van der Waals surface area contributed by atoms with Crippen molar-refractivity contribution in [3.63, 3.8) is 0 Å². The minimum atomic E-state index is -5.08. The fourth-order valence-electron chi connectivity index (χ4n) is 1.98. The average molecular weight is 416 g/mol. The van der Waals surface area contributed by atoms with Gasteiger partial charge in [-0.1, -0.05) is 16.8 Å². The number of benzene rings is 1. The maximum Gasteiger partial charge on any atom is 0.490 e. The fraction of sp³-hybridized carbons (Fsp3) is 0.188. The van der Waals surface area contributed by atoms with Crippen LogP contribution in [-0.4, -0.2) is 49.3 Å². The van der Waals surface area contributed by atoms with E-state index in [1.54, 1.807) is 23.9 Å². The summed E-state index contributed by atoms with van der Waals surface area (Å²) in [4.78, 5) is 17.2. The van der Waals surface area contributed by atoms with Gasteiger partial charge >= 0.3 is 12.1 Å². The highest BCUT2D eigenvalue weighted by Crippen LogP contribution is 2.29. The van der Waals surface area contributed by atoms with Gasteiger partial charge in [-0.3, -0.25) is 0 Å².